The first kappa shape index (κ1) is 27.3. The molecule has 0 radical (unpaired) electrons. The van der Waals surface area contributed by atoms with Crippen LogP contribution in [0.4, 0.5) is 0 Å². The van der Waals surface area contributed by atoms with Crippen molar-refractivity contribution < 1.29 is 9.90 Å². The van der Waals surface area contributed by atoms with Crippen LogP contribution in [0.25, 0.3) is 0 Å². The van der Waals surface area contributed by atoms with Gasteiger partial charge in [-0.3, -0.25) is 4.79 Å². The Morgan fingerprint density at radius 3 is 1.83 bits per heavy atom. The maximum absolute atomic E-state index is 12.9. The molecule has 3 aliphatic rings. The molecule has 35 heavy (non-hydrogen) atoms. The van der Waals surface area contributed by atoms with Crippen LogP contribution in [0.5, 0.6) is 0 Å². The molecule has 196 valence electrons. The highest BCUT2D eigenvalue weighted by Gasteiger charge is 2.57. The Hall–Kier alpha value is -0.720. The number of carbonyl (C=O) groups is 1. The molecule has 3 aliphatic carbocycles. The SMILES string of the molecule is CC(C(=O)CCCO)C(CCCC[P+](C1CCCC1)(C1CCCC1)C1CCCC1)c1ccccc1. The molecule has 1 aromatic carbocycles. The van der Waals surface area contributed by atoms with Crippen molar-refractivity contribution in [1.82, 2.24) is 0 Å². The standard InChI is InChI=1S/C32H52O2P/c1-26(32(34)23-13-24-33)31(27-14-3-2-4-15-27)22-11-12-25-35(28-16-5-6-17-28,29-18-7-8-19-29)30-20-9-10-21-30/h2-4,14-15,26,28-31,33H,5-13,16-25H2,1H3/q+1. The molecule has 0 spiro atoms. The lowest BCUT2D eigenvalue weighted by Gasteiger charge is -2.43. The minimum atomic E-state index is -0.923. The van der Waals surface area contributed by atoms with Gasteiger partial charge in [0, 0.05) is 26.2 Å². The van der Waals surface area contributed by atoms with E-state index in [1.54, 1.807) is 44.7 Å². The van der Waals surface area contributed by atoms with Gasteiger partial charge in [-0.05, 0) is 114 Å². The fourth-order valence-corrected chi connectivity index (χ4v) is 16.1. The number of aliphatic hydroxyl groups is 1. The summed E-state index contributed by atoms with van der Waals surface area (Å²) in [4.78, 5) is 12.9. The molecule has 1 N–H and O–H groups in total. The van der Waals surface area contributed by atoms with E-state index in [4.69, 9.17) is 0 Å². The Balaban J connectivity index is 1.45. The molecule has 3 saturated carbocycles. The molecule has 0 amide bonds. The minimum Gasteiger partial charge on any atom is -0.396 e. The molecule has 0 aromatic heterocycles. The van der Waals surface area contributed by atoms with E-state index in [0.29, 0.717) is 24.5 Å². The fourth-order valence-electron chi connectivity index (χ4n) is 8.46. The van der Waals surface area contributed by atoms with E-state index < -0.39 is 7.26 Å². The smallest absolute Gasteiger partial charge is 0.136 e. The summed E-state index contributed by atoms with van der Waals surface area (Å²) in [6, 6.07) is 10.8. The lowest BCUT2D eigenvalue weighted by Crippen LogP contribution is -2.31. The first-order chi connectivity index (χ1) is 17.2. The predicted molar refractivity (Wildman–Crippen MR) is 152 cm³/mol. The highest BCUT2D eigenvalue weighted by molar-refractivity contribution is 7.77. The number of hydrogen-bond donors (Lipinski definition) is 1. The van der Waals surface area contributed by atoms with Gasteiger partial charge >= 0.3 is 0 Å². The van der Waals surface area contributed by atoms with Crippen LogP contribution in [0.15, 0.2) is 30.3 Å². The van der Waals surface area contributed by atoms with Gasteiger partial charge in [0.25, 0.3) is 0 Å². The third-order valence-electron chi connectivity index (χ3n) is 10.2. The van der Waals surface area contributed by atoms with Crippen LogP contribution < -0.4 is 0 Å². The van der Waals surface area contributed by atoms with Crippen molar-refractivity contribution in [2.45, 2.75) is 139 Å². The van der Waals surface area contributed by atoms with Crippen molar-refractivity contribution in [3.63, 3.8) is 0 Å². The molecule has 0 heterocycles. The first-order valence-electron chi connectivity index (χ1n) is 15.2. The Morgan fingerprint density at radius 1 is 0.829 bits per heavy atom. The molecule has 3 heteroatoms. The van der Waals surface area contributed by atoms with Gasteiger partial charge in [0.05, 0.1) is 23.1 Å². The Labute approximate surface area is 216 Å². The van der Waals surface area contributed by atoms with Gasteiger partial charge in [-0.25, -0.2) is 0 Å². The van der Waals surface area contributed by atoms with Crippen molar-refractivity contribution >= 4 is 13.0 Å². The summed E-state index contributed by atoms with van der Waals surface area (Å²) in [7, 11) is -0.923. The Morgan fingerprint density at radius 2 is 1.34 bits per heavy atom. The number of rotatable bonds is 14. The van der Waals surface area contributed by atoms with Gasteiger partial charge in [-0.15, -0.1) is 0 Å². The third-order valence-corrected chi connectivity index (χ3v) is 17.0. The number of Topliss-reactive ketones (excluding diaryl/α,β-unsaturated/α-hetero) is 1. The molecule has 2 atom stereocenters. The van der Waals surface area contributed by atoms with Crippen LogP contribution in [-0.2, 0) is 4.79 Å². The summed E-state index contributed by atoms with van der Waals surface area (Å²) in [6.07, 6.45) is 24.7. The Kier molecular flexibility index (Phi) is 10.7. The van der Waals surface area contributed by atoms with Crippen LogP contribution in [-0.4, -0.2) is 40.6 Å². The predicted octanol–water partition coefficient (Wildman–Crippen LogP) is 8.76. The van der Waals surface area contributed by atoms with Gasteiger partial charge in [0.1, 0.15) is 5.78 Å². The summed E-state index contributed by atoms with van der Waals surface area (Å²) in [5.74, 6) is 0.695. The summed E-state index contributed by atoms with van der Waals surface area (Å²) in [5, 5.41) is 9.22. The normalized spacial score (nSPS) is 22.1. The lowest BCUT2D eigenvalue weighted by atomic mass is 9.80. The summed E-state index contributed by atoms with van der Waals surface area (Å²) >= 11 is 0. The van der Waals surface area contributed by atoms with Crippen molar-refractivity contribution in [3.05, 3.63) is 35.9 Å². The number of benzene rings is 1. The van der Waals surface area contributed by atoms with Gasteiger partial charge in [0.15, 0.2) is 0 Å². The van der Waals surface area contributed by atoms with Crippen LogP contribution in [0.2, 0.25) is 0 Å². The van der Waals surface area contributed by atoms with Gasteiger partial charge in [-0.2, -0.15) is 0 Å². The van der Waals surface area contributed by atoms with Crippen molar-refractivity contribution in [2.24, 2.45) is 5.92 Å². The molecule has 4 rings (SSSR count). The van der Waals surface area contributed by atoms with E-state index in [-0.39, 0.29) is 12.5 Å². The number of aliphatic hydroxyl groups excluding tert-OH is 1. The topological polar surface area (TPSA) is 37.3 Å². The maximum Gasteiger partial charge on any atom is 0.136 e. The van der Waals surface area contributed by atoms with Crippen molar-refractivity contribution in [1.29, 1.82) is 0 Å². The highest BCUT2D eigenvalue weighted by Crippen LogP contribution is 2.78. The van der Waals surface area contributed by atoms with Gasteiger partial charge in [-0.1, -0.05) is 37.3 Å². The van der Waals surface area contributed by atoms with Crippen LogP contribution in [0.3, 0.4) is 0 Å². The van der Waals surface area contributed by atoms with E-state index >= 15 is 0 Å². The summed E-state index contributed by atoms with van der Waals surface area (Å²) < 4.78 is 0. The molecule has 0 saturated heterocycles. The van der Waals surface area contributed by atoms with E-state index in [2.05, 4.69) is 37.3 Å². The van der Waals surface area contributed by atoms with Crippen LogP contribution in [0, 0.1) is 5.92 Å². The lowest BCUT2D eigenvalue weighted by molar-refractivity contribution is -0.123. The van der Waals surface area contributed by atoms with Gasteiger partial charge < -0.3 is 5.11 Å². The minimum absolute atomic E-state index is 0.0444. The van der Waals surface area contributed by atoms with E-state index in [0.717, 1.165) is 23.4 Å². The van der Waals surface area contributed by atoms with E-state index in [9.17, 15) is 9.90 Å². The highest BCUT2D eigenvalue weighted by atomic mass is 31.2. The van der Waals surface area contributed by atoms with E-state index in [1.807, 2.05) is 0 Å². The van der Waals surface area contributed by atoms with Gasteiger partial charge in [0.2, 0.25) is 0 Å². The van der Waals surface area contributed by atoms with Crippen LogP contribution >= 0.6 is 7.26 Å². The zero-order valence-electron chi connectivity index (χ0n) is 22.5. The zero-order valence-corrected chi connectivity index (χ0v) is 23.4. The first-order valence-corrected chi connectivity index (χ1v) is 17.4. The summed E-state index contributed by atoms with van der Waals surface area (Å²) in [5.41, 5.74) is 4.62. The monoisotopic (exact) mass is 499 g/mol. The molecule has 1 aromatic rings. The molecular weight excluding hydrogens is 447 g/mol. The third kappa shape index (κ3) is 6.59. The second-order valence-corrected chi connectivity index (χ2v) is 16.8. The molecule has 3 fully saturated rings. The molecule has 2 nitrogen and oxygen atoms in total. The molecule has 2 unspecified atom stereocenters. The van der Waals surface area contributed by atoms with Crippen molar-refractivity contribution in [3.8, 4) is 0 Å². The molecular formula is C32H52O2P+. The maximum atomic E-state index is 12.9. The quantitative estimate of drug-likeness (QED) is 0.205. The second kappa shape index (κ2) is 13.7. The fraction of sp³-hybridized carbons (Fsp3) is 0.781. The molecule has 0 bridgehead atoms. The number of unbranched alkanes of at least 4 members (excludes halogenated alkanes) is 1. The van der Waals surface area contributed by atoms with Crippen molar-refractivity contribution in [2.75, 3.05) is 12.8 Å². The average molecular weight is 500 g/mol. The second-order valence-electron chi connectivity index (χ2n) is 12.1. The largest absolute Gasteiger partial charge is 0.396 e. The number of ketones is 1. The molecule has 0 aliphatic heterocycles. The number of carbonyl (C=O) groups excluding carboxylic acids is 1. The number of hydrogen-bond acceptors (Lipinski definition) is 2. The zero-order chi connectivity index (χ0) is 24.5. The summed E-state index contributed by atoms with van der Waals surface area (Å²) in [6.45, 7) is 2.26. The van der Waals surface area contributed by atoms with E-state index in [1.165, 1.54) is 56.9 Å². The average Bonchev–Trinajstić information content (AvgIpc) is 3.69. The Bertz CT molecular complexity index is 703. The van der Waals surface area contributed by atoms with Crippen LogP contribution in [0.1, 0.15) is 128 Å².